The van der Waals surface area contributed by atoms with Gasteiger partial charge in [-0.15, -0.1) is 0 Å². The third-order valence-electron chi connectivity index (χ3n) is 3.64. The lowest BCUT2D eigenvalue weighted by Crippen LogP contribution is -2.25. The lowest BCUT2D eigenvalue weighted by atomic mass is 9.96. The van der Waals surface area contributed by atoms with Gasteiger partial charge in [0.15, 0.2) is 0 Å². The number of hydrogen-bond acceptors (Lipinski definition) is 3. The van der Waals surface area contributed by atoms with Crippen LogP contribution in [0.15, 0.2) is 18.3 Å². The highest BCUT2D eigenvalue weighted by atomic mass is 15.2. The summed E-state index contributed by atoms with van der Waals surface area (Å²) in [5, 5.41) is 0. The normalized spacial score (nSPS) is 21.2. The molecule has 3 heteroatoms. The summed E-state index contributed by atoms with van der Waals surface area (Å²) in [7, 11) is 0. The second-order valence-electron chi connectivity index (χ2n) is 5.02. The summed E-state index contributed by atoms with van der Waals surface area (Å²) in [6, 6.07) is 3.98. The Balaban J connectivity index is 1.96. The molecule has 1 aliphatic rings. The summed E-state index contributed by atoms with van der Waals surface area (Å²) < 4.78 is 0. The van der Waals surface area contributed by atoms with Gasteiger partial charge < -0.3 is 10.6 Å². The van der Waals surface area contributed by atoms with E-state index in [0.29, 0.717) is 0 Å². The first-order valence-corrected chi connectivity index (χ1v) is 6.76. The third kappa shape index (κ3) is 3.35. The van der Waals surface area contributed by atoms with Crippen molar-refractivity contribution in [3.8, 4) is 0 Å². The Morgan fingerprint density at radius 1 is 1.35 bits per heavy atom. The number of nitrogen functional groups attached to an aromatic ring is 1. The Morgan fingerprint density at radius 2 is 2.24 bits per heavy atom. The molecule has 1 aliphatic heterocycles. The van der Waals surface area contributed by atoms with E-state index in [1.807, 2.05) is 12.1 Å². The molecule has 94 valence electrons. The largest absolute Gasteiger partial charge is 0.397 e. The van der Waals surface area contributed by atoms with Gasteiger partial charge in [0, 0.05) is 13.1 Å². The van der Waals surface area contributed by atoms with Crippen LogP contribution < -0.4 is 10.6 Å². The molecule has 1 unspecified atom stereocenters. The number of rotatable bonds is 3. The van der Waals surface area contributed by atoms with E-state index in [9.17, 15) is 0 Å². The number of pyridine rings is 1. The van der Waals surface area contributed by atoms with E-state index < -0.39 is 0 Å². The maximum atomic E-state index is 5.67. The number of hydrogen-bond donors (Lipinski definition) is 1. The van der Waals surface area contributed by atoms with Crippen LogP contribution in [-0.2, 0) is 0 Å². The van der Waals surface area contributed by atoms with Gasteiger partial charge in [0.2, 0.25) is 0 Å². The van der Waals surface area contributed by atoms with E-state index in [0.717, 1.165) is 30.5 Å². The number of aromatic nitrogens is 1. The van der Waals surface area contributed by atoms with Crippen molar-refractivity contribution in [2.24, 2.45) is 5.92 Å². The predicted octanol–water partition coefficient (Wildman–Crippen LogP) is 3.07. The second kappa shape index (κ2) is 5.89. The van der Waals surface area contributed by atoms with Crippen molar-refractivity contribution in [3.63, 3.8) is 0 Å². The van der Waals surface area contributed by atoms with Gasteiger partial charge in [-0.1, -0.05) is 19.8 Å². The van der Waals surface area contributed by atoms with E-state index in [1.54, 1.807) is 6.20 Å². The highest BCUT2D eigenvalue weighted by molar-refractivity contribution is 5.45. The van der Waals surface area contributed by atoms with Crippen LogP contribution in [0.1, 0.15) is 39.0 Å². The van der Waals surface area contributed by atoms with Crippen LogP contribution in [0.4, 0.5) is 11.5 Å². The molecule has 2 N–H and O–H groups in total. The molecule has 1 fully saturated rings. The quantitative estimate of drug-likeness (QED) is 0.872. The molecule has 0 spiro atoms. The van der Waals surface area contributed by atoms with Gasteiger partial charge in [-0.05, 0) is 37.3 Å². The number of nitrogens with two attached hydrogens (primary N) is 1. The number of nitrogens with zero attached hydrogens (tertiary/aromatic N) is 2. The van der Waals surface area contributed by atoms with Gasteiger partial charge >= 0.3 is 0 Å². The molecule has 1 atom stereocenters. The lowest BCUT2D eigenvalue weighted by molar-refractivity contribution is 0.435. The molecule has 1 saturated heterocycles. The summed E-state index contributed by atoms with van der Waals surface area (Å²) in [4.78, 5) is 6.81. The fourth-order valence-corrected chi connectivity index (χ4v) is 2.68. The molecule has 0 bridgehead atoms. The molecule has 0 radical (unpaired) electrons. The van der Waals surface area contributed by atoms with Crippen molar-refractivity contribution in [1.29, 1.82) is 0 Å². The Kier molecular flexibility index (Phi) is 4.24. The standard InChI is InChI=1S/C14H23N3/c1-2-4-12-5-3-9-17(10-8-12)14-7-6-13(15)11-16-14/h6-7,11-12H,2-5,8-10,15H2,1H3. The van der Waals surface area contributed by atoms with Crippen molar-refractivity contribution in [1.82, 2.24) is 4.98 Å². The molecule has 3 nitrogen and oxygen atoms in total. The zero-order valence-corrected chi connectivity index (χ0v) is 10.7. The van der Waals surface area contributed by atoms with Crippen molar-refractivity contribution in [3.05, 3.63) is 18.3 Å². The average Bonchev–Trinajstić information content (AvgIpc) is 2.56. The zero-order valence-electron chi connectivity index (χ0n) is 10.7. The first kappa shape index (κ1) is 12.2. The molecule has 2 heterocycles. The van der Waals surface area contributed by atoms with Crippen LogP contribution in [0.5, 0.6) is 0 Å². The Hall–Kier alpha value is -1.25. The topological polar surface area (TPSA) is 42.1 Å². The van der Waals surface area contributed by atoms with E-state index in [1.165, 1.54) is 32.1 Å². The van der Waals surface area contributed by atoms with Crippen molar-refractivity contribution >= 4 is 11.5 Å². The first-order chi connectivity index (χ1) is 8.29. The maximum absolute atomic E-state index is 5.67. The van der Waals surface area contributed by atoms with Crippen molar-refractivity contribution in [2.45, 2.75) is 39.0 Å². The molecular formula is C14H23N3. The van der Waals surface area contributed by atoms with Gasteiger partial charge in [0.1, 0.15) is 5.82 Å². The predicted molar refractivity (Wildman–Crippen MR) is 73.1 cm³/mol. The monoisotopic (exact) mass is 233 g/mol. The maximum Gasteiger partial charge on any atom is 0.128 e. The highest BCUT2D eigenvalue weighted by Crippen LogP contribution is 2.24. The molecule has 17 heavy (non-hydrogen) atoms. The number of anilines is 2. The Labute approximate surface area is 104 Å². The summed E-state index contributed by atoms with van der Waals surface area (Å²) in [6.45, 7) is 4.56. The van der Waals surface area contributed by atoms with Gasteiger partial charge in [-0.3, -0.25) is 0 Å². The highest BCUT2D eigenvalue weighted by Gasteiger charge is 2.17. The van der Waals surface area contributed by atoms with E-state index in [2.05, 4.69) is 16.8 Å². The van der Waals surface area contributed by atoms with E-state index >= 15 is 0 Å². The fourth-order valence-electron chi connectivity index (χ4n) is 2.68. The molecule has 0 amide bonds. The van der Waals surface area contributed by atoms with Gasteiger partial charge in [0.25, 0.3) is 0 Å². The Bertz CT molecular complexity index is 334. The molecule has 0 saturated carbocycles. The zero-order chi connectivity index (χ0) is 12.1. The smallest absolute Gasteiger partial charge is 0.128 e. The average molecular weight is 233 g/mol. The summed E-state index contributed by atoms with van der Waals surface area (Å²) in [5.74, 6) is 2.00. The van der Waals surface area contributed by atoms with Gasteiger partial charge in [0.05, 0.1) is 11.9 Å². The summed E-state index contributed by atoms with van der Waals surface area (Å²) in [6.07, 6.45) is 8.41. The van der Waals surface area contributed by atoms with Crippen LogP contribution in [-0.4, -0.2) is 18.1 Å². The summed E-state index contributed by atoms with van der Waals surface area (Å²) in [5.41, 5.74) is 6.41. The minimum absolute atomic E-state index is 0.743. The van der Waals surface area contributed by atoms with Crippen LogP contribution in [0, 0.1) is 5.92 Å². The van der Waals surface area contributed by atoms with Crippen molar-refractivity contribution < 1.29 is 0 Å². The molecular weight excluding hydrogens is 210 g/mol. The van der Waals surface area contributed by atoms with Crippen LogP contribution in [0.3, 0.4) is 0 Å². The van der Waals surface area contributed by atoms with Gasteiger partial charge in [-0.25, -0.2) is 4.98 Å². The molecule has 1 aromatic heterocycles. The van der Waals surface area contributed by atoms with Gasteiger partial charge in [-0.2, -0.15) is 0 Å². The SMILES string of the molecule is CCCC1CCCN(c2ccc(N)cn2)CC1. The second-order valence-corrected chi connectivity index (χ2v) is 5.02. The Morgan fingerprint density at radius 3 is 2.94 bits per heavy atom. The minimum Gasteiger partial charge on any atom is -0.397 e. The molecule has 2 rings (SSSR count). The van der Waals surface area contributed by atoms with Crippen molar-refractivity contribution in [2.75, 3.05) is 23.7 Å². The lowest BCUT2D eigenvalue weighted by Gasteiger charge is -2.21. The van der Waals surface area contributed by atoms with E-state index in [4.69, 9.17) is 5.73 Å². The molecule has 1 aromatic rings. The van der Waals surface area contributed by atoms with E-state index in [-0.39, 0.29) is 0 Å². The fraction of sp³-hybridized carbons (Fsp3) is 0.643. The molecule has 0 aliphatic carbocycles. The van der Waals surface area contributed by atoms with Crippen LogP contribution in [0.25, 0.3) is 0 Å². The van der Waals surface area contributed by atoms with Crippen LogP contribution >= 0.6 is 0 Å². The first-order valence-electron chi connectivity index (χ1n) is 6.76. The third-order valence-corrected chi connectivity index (χ3v) is 3.64. The summed E-state index contributed by atoms with van der Waals surface area (Å²) >= 11 is 0. The minimum atomic E-state index is 0.743. The molecule has 0 aromatic carbocycles. The van der Waals surface area contributed by atoms with Crippen LogP contribution in [0.2, 0.25) is 0 Å².